The fourth-order valence-corrected chi connectivity index (χ4v) is 5.64. The van der Waals surface area contributed by atoms with Gasteiger partial charge in [0.05, 0.1) is 6.10 Å². The standard InChI is InChI=1S/C22H38O2Si/c1-17-9-13-22(14-10-17,15-16-23)21(6)12-11-19(18(21)2)24-25(7,8)20(3,4)5/h9,13,19,23H,1-2,10-12,14-16H2,3-8H3/t19-,21+,22-/m1/s1. The van der Waals surface area contributed by atoms with Crippen LogP contribution in [0.1, 0.15) is 59.8 Å². The molecule has 0 aromatic carbocycles. The van der Waals surface area contributed by atoms with Crippen molar-refractivity contribution in [2.45, 2.75) is 84.0 Å². The first-order valence-electron chi connectivity index (χ1n) is 9.73. The minimum Gasteiger partial charge on any atom is -0.410 e. The van der Waals surface area contributed by atoms with Crippen LogP contribution in [-0.2, 0) is 4.43 Å². The largest absolute Gasteiger partial charge is 0.410 e. The van der Waals surface area contributed by atoms with Gasteiger partial charge in [0.1, 0.15) is 0 Å². The van der Waals surface area contributed by atoms with Crippen molar-refractivity contribution < 1.29 is 9.53 Å². The second-order valence-electron chi connectivity index (χ2n) is 9.88. The van der Waals surface area contributed by atoms with Crippen molar-refractivity contribution in [3.8, 4) is 0 Å². The zero-order valence-corrected chi connectivity index (χ0v) is 18.2. The van der Waals surface area contributed by atoms with E-state index in [0.717, 1.165) is 32.1 Å². The van der Waals surface area contributed by atoms with Gasteiger partial charge in [0.15, 0.2) is 8.32 Å². The van der Waals surface area contributed by atoms with Gasteiger partial charge in [-0.3, -0.25) is 0 Å². The number of aliphatic hydroxyl groups excluding tert-OH is 1. The summed E-state index contributed by atoms with van der Waals surface area (Å²) in [7, 11) is -1.82. The Morgan fingerprint density at radius 3 is 2.40 bits per heavy atom. The predicted octanol–water partition coefficient (Wildman–Crippen LogP) is 6.01. The van der Waals surface area contributed by atoms with Crippen LogP contribution in [-0.4, -0.2) is 26.1 Å². The maximum atomic E-state index is 9.76. The lowest BCUT2D eigenvalue weighted by molar-refractivity contribution is 0.0897. The maximum absolute atomic E-state index is 9.76. The third-order valence-corrected chi connectivity index (χ3v) is 11.9. The van der Waals surface area contributed by atoms with Gasteiger partial charge < -0.3 is 9.53 Å². The van der Waals surface area contributed by atoms with Crippen LogP contribution < -0.4 is 0 Å². The molecule has 0 heterocycles. The Labute approximate surface area is 156 Å². The van der Waals surface area contributed by atoms with Gasteiger partial charge in [0, 0.05) is 12.0 Å². The molecule has 0 unspecified atom stereocenters. The minimum atomic E-state index is -1.82. The molecule has 2 aliphatic carbocycles. The average molecular weight is 363 g/mol. The highest BCUT2D eigenvalue weighted by Crippen LogP contribution is 2.60. The minimum absolute atomic E-state index is 0.0139. The van der Waals surface area contributed by atoms with Gasteiger partial charge in [-0.05, 0) is 61.2 Å². The summed E-state index contributed by atoms with van der Waals surface area (Å²) in [6.45, 7) is 22.7. The van der Waals surface area contributed by atoms with E-state index in [1.54, 1.807) is 0 Å². The molecular weight excluding hydrogens is 324 g/mol. The van der Waals surface area contributed by atoms with E-state index < -0.39 is 8.32 Å². The molecule has 0 amide bonds. The SMILES string of the molecule is C=C1C=C[C@@](CCO)([C@@]2(C)CC[C@@H](O[Si](C)(C)C(C)(C)C)C2=C)CC1. The molecule has 0 aromatic rings. The van der Waals surface area contributed by atoms with Gasteiger partial charge in [0.2, 0.25) is 0 Å². The van der Waals surface area contributed by atoms with Crippen molar-refractivity contribution >= 4 is 8.32 Å². The van der Waals surface area contributed by atoms with E-state index in [-0.39, 0.29) is 28.6 Å². The maximum Gasteiger partial charge on any atom is 0.192 e. The molecule has 2 nitrogen and oxygen atoms in total. The highest BCUT2D eigenvalue weighted by molar-refractivity contribution is 6.74. The molecule has 25 heavy (non-hydrogen) atoms. The van der Waals surface area contributed by atoms with Gasteiger partial charge in [-0.2, -0.15) is 0 Å². The molecule has 0 spiro atoms. The highest BCUT2D eigenvalue weighted by Gasteiger charge is 2.54. The Morgan fingerprint density at radius 1 is 1.28 bits per heavy atom. The molecule has 3 atom stereocenters. The second-order valence-corrected chi connectivity index (χ2v) is 14.6. The Hall–Kier alpha value is -0.643. The molecule has 3 heteroatoms. The summed E-state index contributed by atoms with van der Waals surface area (Å²) in [5.41, 5.74) is 2.39. The number of hydrogen-bond donors (Lipinski definition) is 1. The van der Waals surface area contributed by atoms with Gasteiger partial charge in [-0.25, -0.2) is 0 Å². The summed E-state index contributed by atoms with van der Waals surface area (Å²) in [4.78, 5) is 0. The Kier molecular flexibility index (Phi) is 5.64. The normalized spacial score (nSPS) is 34.0. The summed E-state index contributed by atoms with van der Waals surface area (Å²) in [6.07, 6.45) is 9.61. The van der Waals surface area contributed by atoms with Crippen LogP contribution in [0.5, 0.6) is 0 Å². The topological polar surface area (TPSA) is 29.5 Å². The third kappa shape index (κ3) is 3.61. The molecule has 142 valence electrons. The molecule has 0 bridgehead atoms. The Morgan fingerprint density at radius 2 is 1.92 bits per heavy atom. The fraction of sp³-hybridized carbons (Fsp3) is 0.727. The first-order valence-corrected chi connectivity index (χ1v) is 12.6. The molecule has 0 aliphatic heterocycles. The van der Waals surface area contributed by atoms with E-state index in [1.165, 1.54) is 11.1 Å². The van der Waals surface area contributed by atoms with Crippen molar-refractivity contribution in [1.29, 1.82) is 0 Å². The van der Waals surface area contributed by atoms with Crippen molar-refractivity contribution in [2.75, 3.05) is 6.61 Å². The quantitative estimate of drug-likeness (QED) is 0.479. The summed E-state index contributed by atoms with van der Waals surface area (Å²) < 4.78 is 6.74. The van der Waals surface area contributed by atoms with Crippen molar-refractivity contribution in [2.24, 2.45) is 10.8 Å². The van der Waals surface area contributed by atoms with Crippen LogP contribution in [0.4, 0.5) is 0 Å². The third-order valence-electron chi connectivity index (χ3n) is 7.43. The van der Waals surface area contributed by atoms with Gasteiger partial charge in [-0.15, -0.1) is 0 Å². The predicted molar refractivity (Wildman–Crippen MR) is 110 cm³/mol. The molecule has 2 aliphatic rings. The molecule has 0 radical (unpaired) electrons. The van der Waals surface area contributed by atoms with Gasteiger partial charge in [-0.1, -0.05) is 58.6 Å². The van der Waals surface area contributed by atoms with Crippen LogP contribution >= 0.6 is 0 Å². The second kappa shape index (κ2) is 6.83. The lowest BCUT2D eigenvalue weighted by Gasteiger charge is -2.48. The number of allylic oxidation sites excluding steroid dienone is 3. The van der Waals surface area contributed by atoms with E-state index in [1.807, 2.05) is 0 Å². The van der Waals surface area contributed by atoms with E-state index in [2.05, 4.69) is 66.1 Å². The van der Waals surface area contributed by atoms with Crippen LogP contribution in [0.25, 0.3) is 0 Å². The number of aliphatic hydroxyl groups is 1. The lowest BCUT2D eigenvalue weighted by atomic mass is 9.56. The van der Waals surface area contributed by atoms with Crippen LogP contribution in [0.3, 0.4) is 0 Å². The number of rotatable bonds is 5. The summed E-state index contributed by atoms with van der Waals surface area (Å²) in [6, 6.07) is 0. The lowest BCUT2D eigenvalue weighted by Crippen LogP contribution is -2.45. The van der Waals surface area contributed by atoms with E-state index >= 15 is 0 Å². The van der Waals surface area contributed by atoms with Crippen molar-refractivity contribution in [3.05, 3.63) is 36.5 Å². The first-order chi connectivity index (χ1) is 11.4. The zero-order valence-electron chi connectivity index (χ0n) is 17.2. The molecular formula is C22H38O2Si. The Bertz CT molecular complexity index is 569. The number of hydrogen-bond acceptors (Lipinski definition) is 2. The highest BCUT2D eigenvalue weighted by atomic mass is 28.4. The van der Waals surface area contributed by atoms with Crippen molar-refractivity contribution in [3.63, 3.8) is 0 Å². The average Bonchev–Trinajstić information content (AvgIpc) is 2.78. The molecule has 0 aromatic heterocycles. The summed E-state index contributed by atoms with van der Waals surface area (Å²) in [5.74, 6) is 0. The van der Waals surface area contributed by atoms with E-state index in [4.69, 9.17) is 4.43 Å². The van der Waals surface area contributed by atoms with E-state index in [9.17, 15) is 5.11 Å². The molecule has 0 saturated heterocycles. The van der Waals surface area contributed by atoms with Crippen LogP contribution in [0, 0.1) is 10.8 Å². The summed E-state index contributed by atoms with van der Waals surface area (Å²) in [5, 5.41) is 9.97. The molecule has 1 fully saturated rings. The molecule has 2 rings (SSSR count). The monoisotopic (exact) mass is 362 g/mol. The van der Waals surface area contributed by atoms with Gasteiger partial charge in [0.25, 0.3) is 0 Å². The van der Waals surface area contributed by atoms with E-state index in [0.29, 0.717) is 0 Å². The van der Waals surface area contributed by atoms with Crippen LogP contribution in [0.15, 0.2) is 36.5 Å². The van der Waals surface area contributed by atoms with Gasteiger partial charge >= 0.3 is 0 Å². The smallest absolute Gasteiger partial charge is 0.192 e. The fourth-order valence-electron chi connectivity index (χ4n) is 4.31. The molecule has 1 saturated carbocycles. The van der Waals surface area contributed by atoms with Crippen LogP contribution in [0.2, 0.25) is 18.1 Å². The van der Waals surface area contributed by atoms with Crippen molar-refractivity contribution in [1.82, 2.24) is 0 Å². The zero-order chi connectivity index (χ0) is 19.1. The summed E-state index contributed by atoms with van der Waals surface area (Å²) >= 11 is 0. The first kappa shape index (κ1) is 20.7. The Balaban J connectivity index is 2.29. The molecule has 1 N–H and O–H groups in total.